The Hall–Kier alpha value is -1.05. The molecular weight excluding hydrogens is 234 g/mol. The second kappa shape index (κ2) is 4.26. The second-order valence-corrected chi connectivity index (χ2v) is 3.44. The van der Waals surface area contributed by atoms with Gasteiger partial charge in [-0.2, -0.15) is 5.26 Å². The predicted molar refractivity (Wildman–Crippen MR) is 51.0 cm³/mol. The molecule has 13 heavy (non-hydrogen) atoms. The molecule has 0 aliphatic rings. The van der Waals surface area contributed by atoms with Crippen LogP contribution < -0.4 is 0 Å². The quantitative estimate of drug-likeness (QED) is 0.834. The van der Waals surface area contributed by atoms with Gasteiger partial charge in [0, 0.05) is 4.47 Å². The maximum atomic E-state index is 9.46. The largest absolute Gasteiger partial charge is 0.508 e. The van der Waals surface area contributed by atoms with Crippen LogP contribution in [-0.4, -0.2) is 10.2 Å². The molecule has 0 saturated heterocycles. The molecule has 0 aromatic heterocycles. The van der Waals surface area contributed by atoms with Crippen LogP contribution in [0.1, 0.15) is 18.1 Å². The Kier molecular flexibility index (Phi) is 3.29. The molecule has 0 fully saturated rings. The van der Waals surface area contributed by atoms with Gasteiger partial charge in [-0.15, -0.1) is 0 Å². The fraction of sp³-hybridized carbons (Fsp3) is 0.222. The van der Waals surface area contributed by atoms with E-state index in [-0.39, 0.29) is 12.2 Å². The number of nitrogens with zero attached hydrogens (tertiary/aromatic N) is 1. The van der Waals surface area contributed by atoms with Crippen molar-refractivity contribution in [2.75, 3.05) is 0 Å². The lowest BCUT2D eigenvalue weighted by molar-refractivity contribution is 0.182. The topological polar surface area (TPSA) is 64.2 Å². The molecule has 2 N–H and O–H groups in total. The molecule has 0 bridgehead atoms. The number of halogens is 1. The second-order valence-electron chi connectivity index (χ2n) is 2.58. The molecular formula is C9H8BrNO2. The van der Waals surface area contributed by atoms with E-state index in [2.05, 4.69) is 15.9 Å². The zero-order valence-electron chi connectivity index (χ0n) is 6.74. The number of aromatic hydroxyl groups is 1. The summed E-state index contributed by atoms with van der Waals surface area (Å²) in [4.78, 5) is 0. The molecule has 0 spiro atoms. The van der Waals surface area contributed by atoms with Gasteiger partial charge < -0.3 is 10.2 Å². The summed E-state index contributed by atoms with van der Waals surface area (Å²) in [5.41, 5.74) is 0.529. The molecule has 1 aromatic rings. The molecule has 4 heteroatoms. The van der Waals surface area contributed by atoms with E-state index in [1.54, 1.807) is 6.07 Å². The van der Waals surface area contributed by atoms with Crippen LogP contribution in [0.3, 0.4) is 0 Å². The Morgan fingerprint density at radius 3 is 2.85 bits per heavy atom. The molecule has 0 unspecified atom stereocenters. The highest BCUT2D eigenvalue weighted by Gasteiger charge is 2.11. The number of phenols is 1. The van der Waals surface area contributed by atoms with Gasteiger partial charge in [-0.3, -0.25) is 0 Å². The van der Waals surface area contributed by atoms with Gasteiger partial charge in [0.05, 0.1) is 18.6 Å². The number of hydrogen-bond donors (Lipinski definition) is 2. The van der Waals surface area contributed by atoms with E-state index < -0.39 is 6.10 Å². The lowest BCUT2D eigenvalue weighted by Crippen LogP contribution is -1.96. The minimum Gasteiger partial charge on any atom is -0.508 e. The van der Waals surface area contributed by atoms with Gasteiger partial charge in [-0.25, -0.2) is 0 Å². The van der Waals surface area contributed by atoms with Crippen molar-refractivity contribution in [1.29, 1.82) is 5.26 Å². The van der Waals surface area contributed by atoms with Crippen LogP contribution in [0.15, 0.2) is 22.7 Å². The summed E-state index contributed by atoms with van der Waals surface area (Å²) in [6.45, 7) is 0. The summed E-state index contributed by atoms with van der Waals surface area (Å²) >= 11 is 3.22. The van der Waals surface area contributed by atoms with E-state index >= 15 is 0 Å². The molecule has 1 rings (SSSR count). The molecule has 0 aliphatic heterocycles. The van der Waals surface area contributed by atoms with E-state index in [1.807, 2.05) is 6.07 Å². The number of aliphatic hydroxyl groups is 1. The third kappa shape index (κ3) is 2.44. The van der Waals surface area contributed by atoms with Crippen molar-refractivity contribution in [1.82, 2.24) is 0 Å². The van der Waals surface area contributed by atoms with Crippen LogP contribution >= 0.6 is 15.9 Å². The highest BCUT2D eigenvalue weighted by molar-refractivity contribution is 9.10. The SMILES string of the molecule is N#CC[C@H](O)c1cc(O)ccc1Br. The van der Waals surface area contributed by atoms with E-state index in [0.29, 0.717) is 10.0 Å². The van der Waals surface area contributed by atoms with Crippen LogP contribution in [0.5, 0.6) is 5.75 Å². The molecule has 0 heterocycles. The minimum atomic E-state index is -0.855. The molecule has 0 radical (unpaired) electrons. The number of phenolic OH excluding ortho intramolecular Hbond substituents is 1. The number of hydrogen-bond acceptors (Lipinski definition) is 3. The number of benzene rings is 1. The molecule has 0 aliphatic carbocycles. The first-order valence-electron chi connectivity index (χ1n) is 3.68. The van der Waals surface area contributed by atoms with E-state index in [9.17, 15) is 5.11 Å². The summed E-state index contributed by atoms with van der Waals surface area (Å²) in [7, 11) is 0. The van der Waals surface area contributed by atoms with Crippen molar-refractivity contribution in [2.45, 2.75) is 12.5 Å². The summed E-state index contributed by atoms with van der Waals surface area (Å²) in [6.07, 6.45) is -0.839. The molecule has 1 aromatic carbocycles. The Morgan fingerprint density at radius 2 is 2.23 bits per heavy atom. The van der Waals surface area contributed by atoms with Crippen LogP contribution in [0, 0.1) is 11.3 Å². The van der Waals surface area contributed by atoms with Crippen molar-refractivity contribution in [3.8, 4) is 11.8 Å². The normalized spacial score (nSPS) is 12.1. The van der Waals surface area contributed by atoms with Crippen molar-refractivity contribution in [3.63, 3.8) is 0 Å². The molecule has 0 amide bonds. The Labute approximate surface area is 84.4 Å². The van der Waals surface area contributed by atoms with E-state index in [1.165, 1.54) is 12.1 Å². The van der Waals surface area contributed by atoms with Gasteiger partial charge in [-0.05, 0) is 23.8 Å². The first-order chi connectivity index (χ1) is 6.15. The first-order valence-corrected chi connectivity index (χ1v) is 4.48. The fourth-order valence-corrected chi connectivity index (χ4v) is 1.49. The highest BCUT2D eigenvalue weighted by Crippen LogP contribution is 2.28. The van der Waals surface area contributed by atoms with Crippen LogP contribution in [0.25, 0.3) is 0 Å². The van der Waals surface area contributed by atoms with Crippen LogP contribution in [0.4, 0.5) is 0 Å². The number of nitriles is 1. The lowest BCUT2D eigenvalue weighted by atomic mass is 10.1. The summed E-state index contributed by atoms with van der Waals surface area (Å²) in [6, 6.07) is 6.43. The molecule has 1 atom stereocenters. The molecule has 3 nitrogen and oxygen atoms in total. The monoisotopic (exact) mass is 241 g/mol. The number of aliphatic hydroxyl groups excluding tert-OH is 1. The fourth-order valence-electron chi connectivity index (χ4n) is 0.983. The van der Waals surface area contributed by atoms with Crippen LogP contribution in [0.2, 0.25) is 0 Å². The van der Waals surface area contributed by atoms with Gasteiger partial charge >= 0.3 is 0 Å². The van der Waals surface area contributed by atoms with Crippen molar-refractivity contribution in [3.05, 3.63) is 28.2 Å². The lowest BCUT2D eigenvalue weighted by Gasteiger charge is -2.09. The third-order valence-corrected chi connectivity index (χ3v) is 2.35. The Bertz CT molecular complexity index is 346. The van der Waals surface area contributed by atoms with E-state index in [0.717, 1.165) is 0 Å². The van der Waals surface area contributed by atoms with Crippen LogP contribution in [-0.2, 0) is 0 Å². The third-order valence-electron chi connectivity index (χ3n) is 1.62. The minimum absolute atomic E-state index is 0.0159. The zero-order valence-corrected chi connectivity index (χ0v) is 8.32. The molecule has 0 saturated carbocycles. The summed E-state index contributed by atoms with van der Waals surface area (Å²) in [5.74, 6) is 0.0789. The van der Waals surface area contributed by atoms with Gasteiger partial charge in [-0.1, -0.05) is 15.9 Å². The van der Waals surface area contributed by atoms with Crippen molar-refractivity contribution in [2.24, 2.45) is 0 Å². The van der Waals surface area contributed by atoms with Crippen molar-refractivity contribution < 1.29 is 10.2 Å². The van der Waals surface area contributed by atoms with Crippen molar-refractivity contribution >= 4 is 15.9 Å². The predicted octanol–water partition coefficient (Wildman–Crippen LogP) is 2.10. The number of rotatable bonds is 2. The maximum absolute atomic E-state index is 9.46. The summed E-state index contributed by atoms with van der Waals surface area (Å²) in [5, 5.41) is 27.0. The van der Waals surface area contributed by atoms with Gasteiger partial charge in [0.2, 0.25) is 0 Å². The Morgan fingerprint density at radius 1 is 1.54 bits per heavy atom. The molecule has 68 valence electrons. The first kappa shape index (κ1) is 10.0. The smallest absolute Gasteiger partial charge is 0.116 e. The highest BCUT2D eigenvalue weighted by atomic mass is 79.9. The standard InChI is InChI=1S/C9H8BrNO2/c10-8-2-1-6(12)5-7(8)9(13)3-4-11/h1-2,5,9,12-13H,3H2/t9-/m0/s1. The Balaban J connectivity index is 3.00. The van der Waals surface area contributed by atoms with Gasteiger partial charge in [0.25, 0.3) is 0 Å². The van der Waals surface area contributed by atoms with E-state index in [4.69, 9.17) is 10.4 Å². The maximum Gasteiger partial charge on any atom is 0.116 e. The zero-order chi connectivity index (χ0) is 9.84. The summed E-state index contributed by atoms with van der Waals surface area (Å²) < 4.78 is 0.688. The average molecular weight is 242 g/mol. The van der Waals surface area contributed by atoms with Gasteiger partial charge in [0.15, 0.2) is 0 Å². The van der Waals surface area contributed by atoms with Gasteiger partial charge in [0.1, 0.15) is 5.75 Å². The average Bonchev–Trinajstić information content (AvgIpc) is 2.09.